The second-order valence-corrected chi connectivity index (χ2v) is 4.62. The first-order valence-corrected chi connectivity index (χ1v) is 5.82. The van der Waals surface area contributed by atoms with E-state index in [2.05, 4.69) is 5.32 Å². The maximum absolute atomic E-state index is 11.7. The highest BCUT2D eigenvalue weighted by atomic mass is 16.5. The molecule has 1 unspecified atom stereocenters. The summed E-state index contributed by atoms with van der Waals surface area (Å²) in [4.78, 5) is 13.5. The Labute approximate surface area is 91.0 Å². The van der Waals surface area contributed by atoms with E-state index in [0.717, 1.165) is 32.7 Å². The summed E-state index contributed by atoms with van der Waals surface area (Å²) in [5.41, 5.74) is 0. The first-order chi connectivity index (χ1) is 7.25. The van der Waals surface area contributed by atoms with Crippen LogP contribution in [0.2, 0.25) is 0 Å². The fraction of sp³-hybridized carbons (Fsp3) is 0.909. The summed E-state index contributed by atoms with van der Waals surface area (Å²) < 4.78 is 5.56. The molecule has 0 aromatic rings. The summed E-state index contributed by atoms with van der Waals surface area (Å²) in [5, 5.41) is 3.27. The number of nitrogens with one attached hydrogen (secondary N) is 1. The molecule has 1 amide bonds. The van der Waals surface area contributed by atoms with Crippen LogP contribution in [0, 0.1) is 5.92 Å². The van der Waals surface area contributed by atoms with Gasteiger partial charge in [0, 0.05) is 33.1 Å². The van der Waals surface area contributed by atoms with Gasteiger partial charge in [-0.15, -0.1) is 0 Å². The van der Waals surface area contributed by atoms with Gasteiger partial charge in [-0.2, -0.15) is 0 Å². The van der Waals surface area contributed by atoms with E-state index in [1.807, 2.05) is 11.9 Å². The van der Waals surface area contributed by atoms with Crippen molar-refractivity contribution in [2.75, 3.05) is 33.3 Å². The predicted octanol–water partition coefficient (Wildman–Crippen LogP) is 0.233. The lowest BCUT2D eigenvalue weighted by molar-refractivity contribution is -0.132. The molecule has 0 spiro atoms. The molecule has 1 saturated carbocycles. The Balaban J connectivity index is 1.69. The minimum absolute atomic E-state index is 0.173. The van der Waals surface area contributed by atoms with Crippen LogP contribution in [0.25, 0.3) is 0 Å². The third-order valence-corrected chi connectivity index (χ3v) is 3.07. The number of nitrogens with zero attached hydrogens (tertiary/aromatic N) is 1. The quantitative estimate of drug-likeness (QED) is 0.725. The number of hydrogen-bond donors (Lipinski definition) is 1. The van der Waals surface area contributed by atoms with Crippen molar-refractivity contribution in [3.8, 4) is 0 Å². The van der Waals surface area contributed by atoms with Gasteiger partial charge in [-0.3, -0.25) is 4.79 Å². The van der Waals surface area contributed by atoms with Crippen LogP contribution >= 0.6 is 0 Å². The molecule has 4 heteroatoms. The number of carbonyl (C=O) groups is 1. The Kier molecular flexibility index (Phi) is 3.59. The summed E-state index contributed by atoms with van der Waals surface area (Å²) in [5.74, 6) is 0.942. The fourth-order valence-corrected chi connectivity index (χ4v) is 1.87. The van der Waals surface area contributed by atoms with E-state index >= 15 is 0 Å². The largest absolute Gasteiger partial charge is 0.374 e. The number of ether oxygens (including phenoxy) is 1. The van der Waals surface area contributed by atoms with E-state index in [9.17, 15) is 4.79 Å². The van der Waals surface area contributed by atoms with Crippen molar-refractivity contribution in [2.45, 2.75) is 25.4 Å². The Hall–Kier alpha value is -0.610. The molecule has 1 saturated heterocycles. The molecule has 2 fully saturated rings. The van der Waals surface area contributed by atoms with Gasteiger partial charge in [0.15, 0.2) is 0 Å². The van der Waals surface area contributed by atoms with Gasteiger partial charge in [0.1, 0.15) is 0 Å². The molecule has 0 aromatic carbocycles. The zero-order valence-corrected chi connectivity index (χ0v) is 9.37. The van der Waals surface area contributed by atoms with E-state index < -0.39 is 0 Å². The highest BCUT2D eigenvalue weighted by Gasteiger charge is 2.27. The molecule has 86 valence electrons. The molecule has 1 atom stereocenters. The second-order valence-electron chi connectivity index (χ2n) is 4.62. The SMILES string of the molecule is CN(CC1CNCCO1)C(=O)CC1CC1. The van der Waals surface area contributed by atoms with Crippen molar-refractivity contribution >= 4 is 5.91 Å². The molecular formula is C11H20N2O2. The Morgan fingerprint density at radius 3 is 2.93 bits per heavy atom. The standard InChI is InChI=1S/C11H20N2O2/c1-13(11(14)6-9-2-3-9)8-10-7-12-4-5-15-10/h9-10,12H,2-8H2,1H3. The summed E-state index contributed by atoms with van der Waals surface area (Å²) >= 11 is 0. The number of likely N-dealkylation sites (N-methyl/N-ethyl adjacent to an activating group) is 1. The third-order valence-electron chi connectivity index (χ3n) is 3.07. The summed E-state index contributed by atoms with van der Waals surface area (Å²) in [6.45, 7) is 3.27. The maximum Gasteiger partial charge on any atom is 0.222 e. The van der Waals surface area contributed by atoms with Gasteiger partial charge in [-0.25, -0.2) is 0 Å². The maximum atomic E-state index is 11.7. The number of hydrogen-bond acceptors (Lipinski definition) is 3. The van der Waals surface area contributed by atoms with Crippen molar-refractivity contribution in [1.29, 1.82) is 0 Å². The Morgan fingerprint density at radius 1 is 1.53 bits per heavy atom. The van der Waals surface area contributed by atoms with Crippen molar-refractivity contribution in [1.82, 2.24) is 10.2 Å². The van der Waals surface area contributed by atoms with Crippen molar-refractivity contribution < 1.29 is 9.53 Å². The molecule has 0 radical (unpaired) electrons. The number of rotatable bonds is 4. The zero-order valence-electron chi connectivity index (χ0n) is 9.37. The molecule has 0 bridgehead atoms. The minimum atomic E-state index is 0.173. The average Bonchev–Trinajstić information content (AvgIpc) is 3.03. The van der Waals surface area contributed by atoms with E-state index in [1.54, 1.807) is 0 Å². The van der Waals surface area contributed by atoms with Crippen LogP contribution in [0.15, 0.2) is 0 Å². The normalized spacial score (nSPS) is 26.3. The summed E-state index contributed by atoms with van der Waals surface area (Å²) in [6.07, 6.45) is 3.38. The van der Waals surface area contributed by atoms with Crippen LogP contribution in [0.1, 0.15) is 19.3 Å². The molecule has 4 nitrogen and oxygen atoms in total. The third kappa shape index (κ3) is 3.47. The zero-order chi connectivity index (χ0) is 10.7. The smallest absolute Gasteiger partial charge is 0.222 e. The highest BCUT2D eigenvalue weighted by Crippen LogP contribution is 2.32. The molecule has 1 aliphatic carbocycles. The molecule has 15 heavy (non-hydrogen) atoms. The Bertz CT molecular complexity index is 223. The van der Waals surface area contributed by atoms with Crippen LogP contribution in [0.3, 0.4) is 0 Å². The summed E-state index contributed by atoms with van der Waals surface area (Å²) in [6, 6.07) is 0. The molecule has 2 rings (SSSR count). The van der Waals surface area contributed by atoms with Crippen molar-refractivity contribution in [3.05, 3.63) is 0 Å². The first-order valence-electron chi connectivity index (χ1n) is 5.82. The molecule has 1 N–H and O–H groups in total. The molecular weight excluding hydrogens is 192 g/mol. The monoisotopic (exact) mass is 212 g/mol. The van der Waals surface area contributed by atoms with Crippen LogP contribution in [0.4, 0.5) is 0 Å². The van der Waals surface area contributed by atoms with Crippen molar-refractivity contribution in [2.24, 2.45) is 5.92 Å². The van der Waals surface area contributed by atoms with Gasteiger partial charge in [0.2, 0.25) is 5.91 Å². The minimum Gasteiger partial charge on any atom is -0.374 e. The van der Waals surface area contributed by atoms with Gasteiger partial charge in [0.25, 0.3) is 0 Å². The highest BCUT2D eigenvalue weighted by molar-refractivity contribution is 5.76. The lowest BCUT2D eigenvalue weighted by Crippen LogP contribution is -2.45. The van der Waals surface area contributed by atoms with E-state index in [0.29, 0.717) is 5.92 Å². The van der Waals surface area contributed by atoms with E-state index in [-0.39, 0.29) is 12.0 Å². The van der Waals surface area contributed by atoms with E-state index in [1.165, 1.54) is 12.8 Å². The van der Waals surface area contributed by atoms with Gasteiger partial charge >= 0.3 is 0 Å². The molecule has 1 aliphatic heterocycles. The first kappa shape index (κ1) is 10.9. The number of morpholine rings is 1. The second kappa shape index (κ2) is 4.94. The van der Waals surface area contributed by atoms with Gasteiger partial charge in [-0.05, 0) is 18.8 Å². The summed E-state index contributed by atoms with van der Waals surface area (Å²) in [7, 11) is 1.88. The van der Waals surface area contributed by atoms with Crippen molar-refractivity contribution in [3.63, 3.8) is 0 Å². The van der Waals surface area contributed by atoms with Crippen LogP contribution < -0.4 is 5.32 Å². The van der Waals surface area contributed by atoms with Gasteiger partial charge in [0.05, 0.1) is 12.7 Å². The number of carbonyl (C=O) groups excluding carboxylic acids is 1. The molecule has 0 aromatic heterocycles. The lowest BCUT2D eigenvalue weighted by Gasteiger charge is -2.28. The fourth-order valence-electron chi connectivity index (χ4n) is 1.87. The van der Waals surface area contributed by atoms with Crippen LogP contribution in [-0.4, -0.2) is 50.2 Å². The topological polar surface area (TPSA) is 41.6 Å². The van der Waals surface area contributed by atoms with Gasteiger partial charge < -0.3 is 15.0 Å². The van der Waals surface area contributed by atoms with Gasteiger partial charge in [-0.1, -0.05) is 0 Å². The van der Waals surface area contributed by atoms with Crippen LogP contribution in [-0.2, 0) is 9.53 Å². The predicted molar refractivity (Wildman–Crippen MR) is 57.6 cm³/mol. The lowest BCUT2D eigenvalue weighted by atomic mass is 10.2. The van der Waals surface area contributed by atoms with E-state index in [4.69, 9.17) is 4.74 Å². The molecule has 1 heterocycles. The van der Waals surface area contributed by atoms with Crippen LogP contribution in [0.5, 0.6) is 0 Å². The molecule has 2 aliphatic rings. The average molecular weight is 212 g/mol. The Morgan fingerprint density at radius 2 is 2.33 bits per heavy atom. The number of amides is 1.